The van der Waals surface area contributed by atoms with Gasteiger partial charge in [-0.25, -0.2) is 9.67 Å². The zero-order chi connectivity index (χ0) is 16.2. The zero-order valence-corrected chi connectivity index (χ0v) is 13.8. The van der Waals surface area contributed by atoms with Gasteiger partial charge < -0.3 is 4.90 Å². The molecule has 0 aliphatic carbocycles. The molecule has 0 aromatic carbocycles. The highest BCUT2D eigenvalue weighted by Gasteiger charge is 2.24. The van der Waals surface area contributed by atoms with Gasteiger partial charge in [0.25, 0.3) is 11.5 Å². The van der Waals surface area contributed by atoms with Crippen LogP contribution in [0.15, 0.2) is 28.6 Å². The van der Waals surface area contributed by atoms with E-state index in [9.17, 15) is 9.59 Å². The Bertz CT molecular complexity index is 733. The van der Waals surface area contributed by atoms with Gasteiger partial charge in [0.2, 0.25) is 0 Å². The van der Waals surface area contributed by atoms with Crippen LogP contribution in [0.3, 0.4) is 0 Å². The molecule has 3 rings (SSSR count). The van der Waals surface area contributed by atoms with E-state index < -0.39 is 0 Å². The Balaban J connectivity index is 1.51. The molecule has 1 fully saturated rings. The molecule has 0 radical (unpaired) electrons. The number of aromatic nitrogens is 3. The summed E-state index contributed by atoms with van der Waals surface area (Å²) in [6.07, 6.45) is 1.62. The number of nitrogens with zero attached hydrogens (tertiary/aromatic N) is 5. The number of thiazole rings is 1. The van der Waals surface area contributed by atoms with Crippen molar-refractivity contribution in [2.75, 3.05) is 32.7 Å². The second-order valence-electron chi connectivity index (χ2n) is 5.49. The van der Waals surface area contributed by atoms with Crippen molar-refractivity contribution in [1.29, 1.82) is 0 Å². The van der Waals surface area contributed by atoms with Gasteiger partial charge in [-0.15, -0.1) is 11.3 Å². The number of carbonyl (C=O) groups excluding carboxylic acids is 1. The molecule has 2 aromatic heterocycles. The van der Waals surface area contributed by atoms with Crippen LogP contribution in [0.4, 0.5) is 0 Å². The minimum atomic E-state index is -0.0815. The van der Waals surface area contributed by atoms with Crippen LogP contribution in [0.25, 0.3) is 0 Å². The van der Waals surface area contributed by atoms with E-state index in [2.05, 4.69) is 15.0 Å². The Labute approximate surface area is 138 Å². The first kappa shape index (κ1) is 15.8. The van der Waals surface area contributed by atoms with E-state index in [1.54, 1.807) is 17.8 Å². The molecule has 0 atom stereocenters. The molecule has 2 aromatic rings. The van der Waals surface area contributed by atoms with E-state index in [0.717, 1.165) is 30.2 Å². The van der Waals surface area contributed by atoms with Crippen molar-refractivity contribution < 1.29 is 4.79 Å². The van der Waals surface area contributed by atoms with E-state index in [0.29, 0.717) is 19.6 Å². The second-order valence-corrected chi connectivity index (χ2v) is 6.34. The summed E-state index contributed by atoms with van der Waals surface area (Å²) in [7, 11) is 0. The van der Waals surface area contributed by atoms with Gasteiger partial charge in [0, 0.05) is 45.0 Å². The molecule has 7 nitrogen and oxygen atoms in total. The summed E-state index contributed by atoms with van der Waals surface area (Å²) in [5.74, 6) is 0.0746. The topological polar surface area (TPSA) is 71.3 Å². The number of amides is 1. The summed E-state index contributed by atoms with van der Waals surface area (Å²) in [5, 5.41) is 4.06. The number of hydrogen-bond donors (Lipinski definition) is 0. The molecule has 1 amide bonds. The lowest BCUT2D eigenvalue weighted by atomic mass is 10.2. The molecular formula is C15H19N5O2S. The van der Waals surface area contributed by atoms with E-state index in [-0.39, 0.29) is 11.5 Å². The van der Waals surface area contributed by atoms with Gasteiger partial charge in [0.05, 0.1) is 17.7 Å². The number of piperazine rings is 1. The highest BCUT2D eigenvalue weighted by atomic mass is 32.1. The third-order valence-electron chi connectivity index (χ3n) is 4.01. The lowest BCUT2D eigenvalue weighted by molar-refractivity contribution is 0.0635. The molecule has 1 aliphatic heterocycles. The van der Waals surface area contributed by atoms with Gasteiger partial charge >= 0.3 is 0 Å². The number of hydrogen-bond acceptors (Lipinski definition) is 6. The average Bonchev–Trinajstić information content (AvgIpc) is 3.00. The van der Waals surface area contributed by atoms with Crippen LogP contribution >= 0.6 is 11.3 Å². The average molecular weight is 333 g/mol. The van der Waals surface area contributed by atoms with E-state index in [4.69, 9.17) is 0 Å². The Morgan fingerprint density at radius 1 is 1.26 bits per heavy atom. The first-order valence-electron chi connectivity index (χ1n) is 7.59. The Morgan fingerprint density at radius 2 is 2.04 bits per heavy atom. The van der Waals surface area contributed by atoms with Crippen molar-refractivity contribution in [1.82, 2.24) is 24.6 Å². The highest BCUT2D eigenvalue weighted by Crippen LogP contribution is 2.16. The fourth-order valence-electron chi connectivity index (χ4n) is 2.62. The van der Waals surface area contributed by atoms with Crippen molar-refractivity contribution >= 4 is 17.2 Å². The van der Waals surface area contributed by atoms with Gasteiger partial charge in [-0.1, -0.05) is 0 Å². The first-order chi connectivity index (χ1) is 11.1. The fraction of sp³-hybridized carbons (Fsp3) is 0.467. The first-order valence-corrected chi connectivity index (χ1v) is 8.47. The molecule has 0 bridgehead atoms. The predicted molar refractivity (Wildman–Crippen MR) is 87.7 cm³/mol. The summed E-state index contributed by atoms with van der Waals surface area (Å²) in [6.45, 7) is 6.22. The molecule has 0 spiro atoms. The highest BCUT2D eigenvalue weighted by molar-refractivity contribution is 7.11. The molecule has 1 saturated heterocycles. The zero-order valence-electron chi connectivity index (χ0n) is 13.0. The van der Waals surface area contributed by atoms with Crippen LogP contribution in [0.5, 0.6) is 0 Å². The van der Waals surface area contributed by atoms with E-state index in [1.165, 1.54) is 22.1 Å². The molecule has 3 heterocycles. The van der Waals surface area contributed by atoms with Crippen molar-refractivity contribution in [2.24, 2.45) is 0 Å². The molecule has 1 aliphatic rings. The Kier molecular flexibility index (Phi) is 4.82. The summed E-state index contributed by atoms with van der Waals surface area (Å²) < 4.78 is 1.47. The summed E-state index contributed by atoms with van der Waals surface area (Å²) in [5.41, 5.74) is 2.43. The second kappa shape index (κ2) is 7.01. The fourth-order valence-corrected chi connectivity index (χ4v) is 3.39. The maximum Gasteiger partial charge on any atom is 0.266 e. The van der Waals surface area contributed by atoms with Gasteiger partial charge in [0.1, 0.15) is 4.88 Å². The number of aryl methyl sites for hydroxylation is 1. The van der Waals surface area contributed by atoms with Crippen molar-refractivity contribution in [3.8, 4) is 0 Å². The molecule has 23 heavy (non-hydrogen) atoms. The van der Waals surface area contributed by atoms with E-state index >= 15 is 0 Å². The van der Waals surface area contributed by atoms with E-state index in [1.807, 2.05) is 11.8 Å². The normalized spacial score (nSPS) is 15.8. The van der Waals surface area contributed by atoms with Crippen LogP contribution in [0.2, 0.25) is 0 Å². The molecule has 8 heteroatoms. The number of rotatable bonds is 4. The van der Waals surface area contributed by atoms with Gasteiger partial charge in [-0.3, -0.25) is 14.5 Å². The SMILES string of the molecule is Cc1ncsc1C(=O)N1CCN(CCn2ncccc2=O)CC1. The Hall–Kier alpha value is -2.06. The van der Waals surface area contributed by atoms with Crippen molar-refractivity contribution in [3.05, 3.63) is 44.8 Å². The van der Waals surface area contributed by atoms with Crippen LogP contribution in [0, 0.1) is 6.92 Å². The van der Waals surface area contributed by atoms with Crippen LogP contribution in [0.1, 0.15) is 15.4 Å². The molecule has 0 N–H and O–H groups in total. The molecule has 122 valence electrons. The third kappa shape index (κ3) is 3.65. The predicted octanol–water partition coefficient (Wildman–Crippen LogP) is 0.466. The van der Waals surface area contributed by atoms with Crippen LogP contribution in [-0.4, -0.2) is 63.2 Å². The minimum Gasteiger partial charge on any atom is -0.335 e. The molecular weight excluding hydrogens is 314 g/mol. The van der Waals surface area contributed by atoms with Crippen molar-refractivity contribution in [2.45, 2.75) is 13.5 Å². The van der Waals surface area contributed by atoms with Crippen molar-refractivity contribution in [3.63, 3.8) is 0 Å². The lowest BCUT2D eigenvalue weighted by Gasteiger charge is -2.34. The maximum absolute atomic E-state index is 12.4. The largest absolute Gasteiger partial charge is 0.335 e. The standard InChI is InChI=1S/C15H19N5O2S/c1-12-14(23-11-16-12)15(22)19-8-5-18(6-9-19)7-10-20-13(21)3-2-4-17-20/h2-4,11H,5-10H2,1H3. The van der Waals surface area contributed by atoms with Gasteiger partial charge in [-0.05, 0) is 13.0 Å². The summed E-state index contributed by atoms with van der Waals surface area (Å²) >= 11 is 1.40. The van der Waals surface area contributed by atoms with Gasteiger partial charge in [0.15, 0.2) is 0 Å². The number of carbonyl (C=O) groups is 1. The maximum atomic E-state index is 12.4. The van der Waals surface area contributed by atoms with Gasteiger partial charge in [-0.2, -0.15) is 5.10 Å². The Morgan fingerprint density at radius 3 is 2.70 bits per heavy atom. The lowest BCUT2D eigenvalue weighted by Crippen LogP contribution is -2.49. The third-order valence-corrected chi connectivity index (χ3v) is 4.93. The van der Waals surface area contributed by atoms with Crippen LogP contribution in [-0.2, 0) is 6.54 Å². The minimum absolute atomic E-state index is 0.0746. The monoisotopic (exact) mass is 333 g/mol. The molecule has 0 saturated carbocycles. The quantitative estimate of drug-likeness (QED) is 0.813. The molecule has 0 unspecified atom stereocenters. The van der Waals surface area contributed by atoms with Crippen LogP contribution < -0.4 is 5.56 Å². The summed E-state index contributed by atoms with van der Waals surface area (Å²) in [4.78, 5) is 33.1. The summed E-state index contributed by atoms with van der Waals surface area (Å²) in [6, 6.07) is 3.16. The smallest absolute Gasteiger partial charge is 0.266 e.